The lowest BCUT2D eigenvalue weighted by atomic mass is 9.91. The van der Waals surface area contributed by atoms with Gasteiger partial charge in [0.25, 0.3) is 10.7 Å². The van der Waals surface area contributed by atoms with E-state index in [2.05, 4.69) is 25.5 Å². The van der Waals surface area contributed by atoms with E-state index in [1.165, 1.54) is 23.5 Å². The quantitative estimate of drug-likeness (QED) is 0.522. The number of aromatic amines is 1. The fourth-order valence-corrected chi connectivity index (χ4v) is 3.14. The maximum Gasteiger partial charge on any atom is 0.335 e. The van der Waals surface area contributed by atoms with Crippen molar-refractivity contribution in [3.8, 4) is 5.69 Å². The van der Waals surface area contributed by atoms with Crippen molar-refractivity contribution >= 4 is 34.1 Å². The summed E-state index contributed by atoms with van der Waals surface area (Å²) >= 11 is 1.21. The Morgan fingerprint density at radius 3 is 2.13 bits per heavy atom. The van der Waals surface area contributed by atoms with Crippen LogP contribution in [-0.4, -0.2) is 42.1 Å². The van der Waals surface area contributed by atoms with Gasteiger partial charge in [-0.3, -0.25) is 9.89 Å². The first-order chi connectivity index (χ1) is 14.0. The van der Waals surface area contributed by atoms with Crippen molar-refractivity contribution in [2.24, 2.45) is 10.2 Å². The molecule has 3 N–H and O–H groups in total. The van der Waals surface area contributed by atoms with Gasteiger partial charge < -0.3 is 10.2 Å². The van der Waals surface area contributed by atoms with Gasteiger partial charge in [-0.15, -0.1) is 20.4 Å². The summed E-state index contributed by atoms with van der Waals surface area (Å²) in [5, 5.41) is 38.2. The predicted octanol–water partition coefficient (Wildman–Crippen LogP) is 3.43. The molecule has 11 nitrogen and oxygen atoms in total. The number of aryl methyl sites for hydroxylation is 1. The first-order valence-electron chi connectivity index (χ1n) is 8.67. The van der Waals surface area contributed by atoms with E-state index in [9.17, 15) is 24.6 Å². The zero-order chi connectivity index (χ0) is 22.2. The maximum atomic E-state index is 13.1. The Hall–Kier alpha value is -3.67. The lowest BCUT2D eigenvalue weighted by Gasteiger charge is -2.16. The summed E-state index contributed by atoms with van der Waals surface area (Å²) < 4.78 is 1.05. The second-order valence-corrected chi connectivity index (χ2v) is 8.57. The van der Waals surface area contributed by atoms with Crippen molar-refractivity contribution in [3.63, 3.8) is 0 Å². The van der Waals surface area contributed by atoms with E-state index in [4.69, 9.17) is 0 Å². The molecule has 0 amide bonds. The van der Waals surface area contributed by atoms with Crippen molar-refractivity contribution in [1.82, 2.24) is 20.0 Å². The molecule has 0 atom stereocenters. The highest BCUT2D eigenvalue weighted by molar-refractivity contribution is 7.14. The molecule has 0 unspecified atom stereocenters. The SMILES string of the molecule is Cc1nnc(N=Nc2c(C(C)(C)C)[nH]n(-c3cc(C(=O)O)cc(C(=O)O)c3)c2=O)s1. The van der Waals surface area contributed by atoms with Gasteiger partial charge in [-0.2, -0.15) is 0 Å². The van der Waals surface area contributed by atoms with Crippen LogP contribution in [0.25, 0.3) is 5.69 Å². The molecule has 30 heavy (non-hydrogen) atoms. The molecule has 0 saturated heterocycles. The number of carboxylic acid groups (broad SMARTS) is 2. The molecular formula is C18H18N6O5S. The number of azo groups is 1. The van der Waals surface area contributed by atoms with E-state index < -0.39 is 22.9 Å². The fourth-order valence-electron chi connectivity index (χ4n) is 2.63. The van der Waals surface area contributed by atoms with Gasteiger partial charge in [0.05, 0.1) is 22.5 Å². The van der Waals surface area contributed by atoms with Gasteiger partial charge in [-0.05, 0) is 25.1 Å². The van der Waals surface area contributed by atoms with E-state index in [1.807, 2.05) is 20.8 Å². The average Bonchev–Trinajstić information content (AvgIpc) is 3.22. The third-order valence-corrected chi connectivity index (χ3v) is 4.76. The largest absolute Gasteiger partial charge is 0.478 e. The number of aromatic nitrogens is 4. The Balaban J connectivity index is 2.21. The number of H-pyrrole nitrogens is 1. The second-order valence-electron chi connectivity index (χ2n) is 7.41. The first-order valence-corrected chi connectivity index (χ1v) is 9.48. The number of rotatable bonds is 5. The predicted molar refractivity (Wildman–Crippen MR) is 108 cm³/mol. The van der Waals surface area contributed by atoms with E-state index in [-0.39, 0.29) is 27.6 Å². The topological polar surface area (TPSA) is 163 Å². The van der Waals surface area contributed by atoms with Crippen LogP contribution in [0.15, 0.2) is 33.2 Å². The molecule has 1 aromatic carbocycles. The van der Waals surface area contributed by atoms with Crippen molar-refractivity contribution in [1.29, 1.82) is 0 Å². The Morgan fingerprint density at radius 2 is 1.67 bits per heavy atom. The minimum Gasteiger partial charge on any atom is -0.478 e. The Labute approximate surface area is 173 Å². The standard InChI is InChI=1S/C18H18N6O5S/c1-8-19-21-17(30-8)22-20-12-13(18(2,3)4)23-24(14(12)25)11-6-9(15(26)27)5-10(7-11)16(28)29/h5-7,23H,1-4H3,(H,26,27)(H,28,29). The summed E-state index contributed by atoms with van der Waals surface area (Å²) in [5.74, 6) is -2.64. The zero-order valence-electron chi connectivity index (χ0n) is 16.5. The maximum absolute atomic E-state index is 13.1. The van der Waals surface area contributed by atoms with Crippen LogP contribution in [0.4, 0.5) is 10.8 Å². The molecular weight excluding hydrogens is 412 g/mol. The smallest absolute Gasteiger partial charge is 0.335 e. The van der Waals surface area contributed by atoms with Crippen LogP contribution < -0.4 is 5.56 Å². The molecule has 0 fully saturated rings. The van der Waals surface area contributed by atoms with Gasteiger partial charge in [-0.25, -0.2) is 14.3 Å². The second kappa shape index (κ2) is 7.63. The van der Waals surface area contributed by atoms with Gasteiger partial charge in [0.2, 0.25) is 0 Å². The first kappa shape index (κ1) is 21.0. The molecule has 156 valence electrons. The van der Waals surface area contributed by atoms with Gasteiger partial charge >= 0.3 is 11.9 Å². The van der Waals surface area contributed by atoms with Gasteiger partial charge in [0.15, 0.2) is 5.69 Å². The molecule has 2 aromatic heterocycles. The number of nitrogens with one attached hydrogen (secondary N) is 1. The minimum atomic E-state index is -1.32. The van der Waals surface area contributed by atoms with E-state index in [0.29, 0.717) is 10.7 Å². The number of aromatic carboxylic acids is 2. The molecule has 3 rings (SSSR count). The molecule has 0 aliphatic rings. The van der Waals surface area contributed by atoms with Crippen LogP contribution in [0.2, 0.25) is 0 Å². The van der Waals surface area contributed by atoms with Crippen molar-refractivity contribution in [2.75, 3.05) is 0 Å². The number of carboxylic acids is 2. The molecule has 0 aliphatic heterocycles. The number of benzene rings is 1. The summed E-state index contributed by atoms with van der Waals surface area (Å²) in [4.78, 5) is 35.9. The van der Waals surface area contributed by atoms with Crippen molar-refractivity contribution in [3.05, 3.63) is 50.4 Å². The van der Waals surface area contributed by atoms with Crippen LogP contribution >= 0.6 is 11.3 Å². The summed E-state index contributed by atoms with van der Waals surface area (Å²) in [6.45, 7) is 7.32. The zero-order valence-corrected chi connectivity index (χ0v) is 17.3. The van der Waals surface area contributed by atoms with Crippen molar-refractivity contribution < 1.29 is 19.8 Å². The lowest BCUT2D eigenvalue weighted by Crippen LogP contribution is -2.16. The van der Waals surface area contributed by atoms with Crippen LogP contribution in [0, 0.1) is 6.92 Å². The average molecular weight is 430 g/mol. The molecule has 0 bridgehead atoms. The highest BCUT2D eigenvalue weighted by Crippen LogP contribution is 2.30. The Kier molecular flexibility index (Phi) is 5.35. The summed E-state index contributed by atoms with van der Waals surface area (Å²) in [7, 11) is 0. The number of nitrogens with zero attached hydrogens (tertiary/aromatic N) is 5. The number of carbonyl (C=O) groups is 2. The minimum absolute atomic E-state index is 0.00737. The van der Waals surface area contributed by atoms with Gasteiger partial charge in [0, 0.05) is 5.41 Å². The number of hydrogen-bond donors (Lipinski definition) is 3. The molecule has 0 saturated carbocycles. The Bertz CT molecular complexity index is 1200. The summed E-state index contributed by atoms with van der Waals surface area (Å²) in [6, 6.07) is 3.42. The molecule has 3 aromatic rings. The summed E-state index contributed by atoms with van der Waals surface area (Å²) in [6.07, 6.45) is 0. The highest BCUT2D eigenvalue weighted by Gasteiger charge is 2.26. The van der Waals surface area contributed by atoms with E-state index >= 15 is 0 Å². The Morgan fingerprint density at radius 1 is 1.07 bits per heavy atom. The third kappa shape index (κ3) is 4.17. The number of hydrogen-bond acceptors (Lipinski definition) is 8. The third-order valence-electron chi connectivity index (χ3n) is 4.04. The van der Waals surface area contributed by atoms with Crippen LogP contribution in [0.5, 0.6) is 0 Å². The molecule has 2 heterocycles. The molecule has 12 heteroatoms. The van der Waals surface area contributed by atoms with E-state index in [0.717, 1.165) is 10.7 Å². The van der Waals surface area contributed by atoms with Gasteiger partial charge in [0.1, 0.15) is 5.01 Å². The summed E-state index contributed by atoms with van der Waals surface area (Å²) in [5.41, 5.74) is -1.19. The van der Waals surface area contributed by atoms with Gasteiger partial charge in [-0.1, -0.05) is 32.1 Å². The lowest BCUT2D eigenvalue weighted by molar-refractivity contribution is 0.0696. The highest BCUT2D eigenvalue weighted by atomic mass is 32.1. The van der Waals surface area contributed by atoms with E-state index in [1.54, 1.807) is 6.92 Å². The molecule has 0 radical (unpaired) electrons. The fraction of sp³-hybridized carbons (Fsp3) is 0.278. The van der Waals surface area contributed by atoms with Crippen molar-refractivity contribution in [2.45, 2.75) is 33.1 Å². The monoisotopic (exact) mass is 430 g/mol. The van der Waals surface area contributed by atoms with Crippen LogP contribution in [0.1, 0.15) is 52.2 Å². The van der Waals surface area contributed by atoms with Crippen LogP contribution in [0.3, 0.4) is 0 Å². The molecule has 0 aliphatic carbocycles. The normalized spacial score (nSPS) is 11.9. The molecule has 0 spiro atoms. The van der Waals surface area contributed by atoms with Crippen LogP contribution in [-0.2, 0) is 5.41 Å².